The van der Waals surface area contributed by atoms with Crippen LogP contribution in [0.4, 0.5) is 4.79 Å². The molecule has 2 amide bonds. The van der Waals surface area contributed by atoms with Crippen LogP contribution in [-0.4, -0.2) is 65.0 Å². The van der Waals surface area contributed by atoms with Crippen molar-refractivity contribution in [1.82, 2.24) is 24.5 Å². The average Bonchev–Trinajstić information content (AvgIpc) is 3.17. The number of amides is 2. The van der Waals surface area contributed by atoms with E-state index in [0.717, 1.165) is 56.2 Å². The van der Waals surface area contributed by atoms with Crippen molar-refractivity contribution in [1.29, 1.82) is 0 Å². The van der Waals surface area contributed by atoms with Gasteiger partial charge in [-0.05, 0) is 36.2 Å². The van der Waals surface area contributed by atoms with E-state index in [-0.39, 0.29) is 6.03 Å². The van der Waals surface area contributed by atoms with Crippen LogP contribution in [0, 0.1) is 0 Å². The topological polar surface area (TPSA) is 62.1 Å². The third-order valence-electron chi connectivity index (χ3n) is 5.31. The summed E-state index contributed by atoms with van der Waals surface area (Å²) >= 11 is 0. The molecule has 4 rings (SSSR count). The van der Waals surface area contributed by atoms with Crippen molar-refractivity contribution < 1.29 is 9.53 Å². The van der Waals surface area contributed by atoms with Crippen molar-refractivity contribution >= 4 is 11.7 Å². The van der Waals surface area contributed by atoms with Crippen molar-refractivity contribution in [2.24, 2.45) is 0 Å². The fourth-order valence-corrected chi connectivity index (χ4v) is 3.62. The number of hydrogen-bond acceptors (Lipinski definition) is 4. The number of rotatable bonds is 6. The van der Waals surface area contributed by atoms with Crippen LogP contribution >= 0.6 is 0 Å². The summed E-state index contributed by atoms with van der Waals surface area (Å²) < 4.78 is 7.21. The van der Waals surface area contributed by atoms with Crippen molar-refractivity contribution in [2.45, 2.75) is 13.0 Å². The maximum absolute atomic E-state index is 12.4. The van der Waals surface area contributed by atoms with Gasteiger partial charge in [-0.2, -0.15) is 0 Å². The number of urea groups is 1. The van der Waals surface area contributed by atoms with Gasteiger partial charge in [0.25, 0.3) is 0 Å². The standard InChI is InChI=1S/C22H27N5O2/c1-29-20-7-5-18(6-8-20)9-10-23-22(28)26-14-12-25(13-15-26)16-19-17-27-11-3-2-4-21(27)24-19/h2-8,11,17H,9-10,12-16H2,1H3,(H,23,28). The minimum Gasteiger partial charge on any atom is -0.497 e. The molecule has 1 N–H and O–H groups in total. The number of imidazole rings is 1. The first-order valence-electron chi connectivity index (χ1n) is 10.0. The SMILES string of the molecule is COc1ccc(CCNC(=O)N2CCN(Cc3cn4ccccc4n3)CC2)cc1. The highest BCUT2D eigenvalue weighted by atomic mass is 16.5. The quantitative estimate of drug-likeness (QED) is 0.699. The molecule has 29 heavy (non-hydrogen) atoms. The Morgan fingerprint density at radius 3 is 2.62 bits per heavy atom. The van der Waals surface area contributed by atoms with E-state index in [0.29, 0.717) is 6.54 Å². The molecule has 1 aliphatic rings. The highest BCUT2D eigenvalue weighted by molar-refractivity contribution is 5.74. The van der Waals surface area contributed by atoms with E-state index in [4.69, 9.17) is 4.74 Å². The van der Waals surface area contributed by atoms with E-state index in [9.17, 15) is 4.79 Å². The lowest BCUT2D eigenvalue weighted by molar-refractivity contribution is 0.134. The second-order valence-corrected chi connectivity index (χ2v) is 7.29. The molecule has 1 aliphatic heterocycles. The number of pyridine rings is 1. The fraction of sp³-hybridized carbons (Fsp3) is 0.364. The summed E-state index contributed by atoms with van der Waals surface area (Å²) in [4.78, 5) is 21.3. The largest absolute Gasteiger partial charge is 0.497 e. The predicted octanol–water partition coefficient (Wildman–Crippen LogP) is 2.41. The van der Waals surface area contributed by atoms with Crippen LogP contribution in [0.3, 0.4) is 0 Å². The van der Waals surface area contributed by atoms with Crippen LogP contribution in [0.1, 0.15) is 11.3 Å². The average molecular weight is 393 g/mol. The molecular weight excluding hydrogens is 366 g/mol. The second-order valence-electron chi connectivity index (χ2n) is 7.29. The summed E-state index contributed by atoms with van der Waals surface area (Å²) in [6, 6.07) is 14.0. The van der Waals surface area contributed by atoms with Gasteiger partial charge in [0.15, 0.2) is 0 Å². The summed E-state index contributed by atoms with van der Waals surface area (Å²) in [5.74, 6) is 0.847. The molecule has 7 heteroatoms. The first-order valence-corrected chi connectivity index (χ1v) is 10.0. The van der Waals surface area contributed by atoms with Gasteiger partial charge in [0.05, 0.1) is 12.8 Å². The zero-order chi connectivity index (χ0) is 20.1. The van der Waals surface area contributed by atoms with Crippen molar-refractivity contribution in [3.05, 3.63) is 66.1 Å². The molecule has 0 bridgehead atoms. The van der Waals surface area contributed by atoms with E-state index in [1.54, 1.807) is 7.11 Å². The molecule has 0 aliphatic carbocycles. The monoisotopic (exact) mass is 393 g/mol. The minimum absolute atomic E-state index is 0.0193. The number of nitrogens with one attached hydrogen (secondary N) is 1. The maximum Gasteiger partial charge on any atom is 0.317 e. The van der Waals surface area contributed by atoms with E-state index >= 15 is 0 Å². The van der Waals surface area contributed by atoms with Gasteiger partial charge in [-0.3, -0.25) is 4.90 Å². The summed E-state index contributed by atoms with van der Waals surface area (Å²) in [6.45, 7) is 4.64. The van der Waals surface area contributed by atoms with Crippen LogP contribution in [0.5, 0.6) is 5.75 Å². The molecule has 0 saturated carbocycles. The summed E-state index contributed by atoms with van der Waals surface area (Å²) in [7, 11) is 1.66. The summed E-state index contributed by atoms with van der Waals surface area (Å²) in [5.41, 5.74) is 3.22. The van der Waals surface area contributed by atoms with Crippen LogP contribution < -0.4 is 10.1 Å². The zero-order valence-corrected chi connectivity index (χ0v) is 16.8. The molecule has 1 fully saturated rings. The molecule has 3 heterocycles. The molecule has 1 saturated heterocycles. The molecule has 3 aromatic rings. The Bertz CT molecular complexity index is 912. The molecule has 152 valence electrons. The Morgan fingerprint density at radius 1 is 1.10 bits per heavy atom. The van der Waals surface area contributed by atoms with Gasteiger partial charge in [0.2, 0.25) is 0 Å². The second kappa shape index (κ2) is 8.96. The maximum atomic E-state index is 12.4. The van der Waals surface area contributed by atoms with Gasteiger partial charge in [0.1, 0.15) is 11.4 Å². The van der Waals surface area contributed by atoms with Gasteiger partial charge in [-0.1, -0.05) is 18.2 Å². The van der Waals surface area contributed by atoms with Crippen molar-refractivity contribution in [3.63, 3.8) is 0 Å². The van der Waals surface area contributed by atoms with Crippen LogP contribution in [0.15, 0.2) is 54.9 Å². The molecule has 0 radical (unpaired) electrons. The lowest BCUT2D eigenvalue weighted by Gasteiger charge is -2.34. The van der Waals surface area contributed by atoms with Gasteiger partial charge in [-0.25, -0.2) is 9.78 Å². The number of benzene rings is 1. The normalized spacial score (nSPS) is 14.9. The summed E-state index contributed by atoms with van der Waals surface area (Å²) in [5, 5.41) is 3.03. The number of piperazine rings is 1. The predicted molar refractivity (Wildman–Crippen MR) is 112 cm³/mol. The highest BCUT2D eigenvalue weighted by Crippen LogP contribution is 2.12. The van der Waals surface area contributed by atoms with Crippen LogP contribution in [0.2, 0.25) is 0 Å². The number of aromatic nitrogens is 2. The highest BCUT2D eigenvalue weighted by Gasteiger charge is 2.21. The Hall–Kier alpha value is -3.06. The number of carbonyl (C=O) groups excluding carboxylic acids is 1. The number of methoxy groups -OCH3 is 1. The van der Waals surface area contributed by atoms with E-state index < -0.39 is 0 Å². The lowest BCUT2D eigenvalue weighted by atomic mass is 10.1. The first kappa shape index (κ1) is 19.3. The minimum atomic E-state index is 0.0193. The van der Waals surface area contributed by atoms with Crippen molar-refractivity contribution in [3.8, 4) is 5.75 Å². The third kappa shape index (κ3) is 4.86. The summed E-state index contributed by atoms with van der Waals surface area (Å²) in [6.07, 6.45) is 4.90. The Morgan fingerprint density at radius 2 is 1.90 bits per heavy atom. The Labute approximate surface area is 170 Å². The Kier molecular flexibility index (Phi) is 5.95. The van der Waals surface area contributed by atoms with Gasteiger partial charge >= 0.3 is 6.03 Å². The fourth-order valence-electron chi connectivity index (χ4n) is 3.62. The number of fused-ring (bicyclic) bond motifs is 1. The van der Waals surface area contributed by atoms with Crippen molar-refractivity contribution in [2.75, 3.05) is 39.8 Å². The van der Waals surface area contributed by atoms with E-state index in [1.807, 2.05) is 58.0 Å². The first-order chi connectivity index (χ1) is 14.2. The molecule has 2 aromatic heterocycles. The zero-order valence-electron chi connectivity index (χ0n) is 16.8. The molecular formula is C22H27N5O2. The van der Waals surface area contributed by atoms with Gasteiger partial charge in [-0.15, -0.1) is 0 Å². The van der Waals surface area contributed by atoms with E-state index in [2.05, 4.69) is 21.4 Å². The van der Waals surface area contributed by atoms with Gasteiger partial charge < -0.3 is 19.4 Å². The number of hydrogen-bond donors (Lipinski definition) is 1. The van der Waals surface area contributed by atoms with Crippen LogP contribution in [0.25, 0.3) is 5.65 Å². The smallest absolute Gasteiger partial charge is 0.317 e. The number of nitrogens with zero attached hydrogens (tertiary/aromatic N) is 4. The Balaban J connectivity index is 1.20. The molecule has 7 nitrogen and oxygen atoms in total. The number of carbonyl (C=O) groups is 1. The molecule has 1 aromatic carbocycles. The van der Waals surface area contributed by atoms with E-state index in [1.165, 1.54) is 5.56 Å². The molecule has 0 spiro atoms. The van der Waals surface area contributed by atoms with Crippen LogP contribution in [-0.2, 0) is 13.0 Å². The molecule has 0 atom stereocenters. The van der Waals surface area contributed by atoms with Gasteiger partial charge in [0, 0.05) is 51.7 Å². The molecule has 0 unspecified atom stereocenters. The number of ether oxygens (including phenoxy) is 1. The lowest BCUT2D eigenvalue weighted by Crippen LogP contribution is -2.51. The third-order valence-corrected chi connectivity index (χ3v) is 5.31.